The van der Waals surface area contributed by atoms with E-state index in [1.807, 2.05) is 18.7 Å². The lowest BCUT2D eigenvalue weighted by Gasteiger charge is -2.32. The zero-order chi connectivity index (χ0) is 18.1. The van der Waals surface area contributed by atoms with Crippen LogP contribution >= 0.6 is 24.0 Å². The first-order valence-corrected chi connectivity index (χ1v) is 9.38. The molecule has 2 aliphatic rings. The molecule has 2 heterocycles. The van der Waals surface area contributed by atoms with Crippen molar-refractivity contribution in [1.29, 1.82) is 0 Å². The van der Waals surface area contributed by atoms with Crippen molar-refractivity contribution in [3.63, 3.8) is 0 Å². The molecule has 2 amide bonds. The molecule has 150 valence electrons. The molecule has 2 aliphatic heterocycles. The first kappa shape index (κ1) is 22.8. The first-order valence-electron chi connectivity index (χ1n) is 9.38. The maximum absolute atomic E-state index is 12.1. The molecule has 26 heavy (non-hydrogen) atoms. The van der Waals surface area contributed by atoms with E-state index in [0.29, 0.717) is 25.7 Å². The number of carbonyl (C=O) groups is 2. The van der Waals surface area contributed by atoms with Crippen molar-refractivity contribution in [2.45, 2.75) is 45.6 Å². The predicted octanol–water partition coefficient (Wildman–Crippen LogP) is 1.40. The average Bonchev–Trinajstić information content (AvgIpc) is 3.15. The Bertz CT molecular complexity index is 475. The van der Waals surface area contributed by atoms with Gasteiger partial charge in [0.2, 0.25) is 5.91 Å². The van der Waals surface area contributed by atoms with E-state index < -0.39 is 0 Å². The van der Waals surface area contributed by atoms with Crippen LogP contribution in [0.3, 0.4) is 0 Å². The van der Waals surface area contributed by atoms with Crippen LogP contribution in [0.15, 0.2) is 4.99 Å². The summed E-state index contributed by atoms with van der Waals surface area (Å²) >= 11 is 0. The molecule has 0 saturated carbocycles. The second kappa shape index (κ2) is 12.2. The van der Waals surface area contributed by atoms with Gasteiger partial charge in [-0.3, -0.25) is 4.79 Å². The van der Waals surface area contributed by atoms with Gasteiger partial charge in [-0.15, -0.1) is 24.0 Å². The quantitative estimate of drug-likeness (QED) is 0.352. The van der Waals surface area contributed by atoms with Crippen molar-refractivity contribution < 1.29 is 14.3 Å². The lowest BCUT2D eigenvalue weighted by molar-refractivity contribution is -0.128. The fourth-order valence-corrected chi connectivity index (χ4v) is 3.15. The number of aliphatic imine (C=N–C) groups is 1. The van der Waals surface area contributed by atoms with Crippen molar-refractivity contribution >= 4 is 41.9 Å². The molecule has 0 aliphatic carbocycles. The van der Waals surface area contributed by atoms with E-state index in [2.05, 4.69) is 15.6 Å². The summed E-state index contributed by atoms with van der Waals surface area (Å²) in [6.07, 6.45) is 3.62. The first-order chi connectivity index (χ1) is 12.1. The zero-order valence-corrected chi connectivity index (χ0v) is 18.2. The van der Waals surface area contributed by atoms with Gasteiger partial charge in [-0.2, -0.15) is 0 Å². The molecule has 0 radical (unpaired) electrons. The van der Waals surface area contributed by atoms with Crippen LogP contribution < -0.4 is 10.6 Å². The molecule has 0 aromatic carbocycles. The smallest absolute Gasteiger partial charge is 0.409 e. The van der Waals surface area contributed by atoms with Gasteiger partial charge in [0.1, 0.15) is 6.54 Å². The van der Waals surface area contributed by atoms with E-state index in [1.54, 1.807) is 4.90 Å². The van der Waals surface area contributed by atoms with Crippen molar-refractivity contribution in [2.75, 3.05) is 45.9 Å². The van der Waals surface area contributed by atoms with Crippen LogP contribution in [0.2, 0.25) is 0 Å². The summed E-state index contributed by atoms with van der Waals surface area (Å²) < 4.78 is 5.04. The SMILES string of the molecule is CCNC(=NCC(=O)N1CCCC1)NC1CCN(C(=O)OCC)CC1.I. The topological polar surface area (TPSA) is 86.3 Å². The zero-order valence-electron chi connectivity index (χ0n) is 15.8. The van der Waals surface area contributed by atoms with Gasteiger partial charge in [-0.1, -0.05) is 0 Å². The number of nitrogens with zero attached hydrogens (tertiary/aromatic N) is 3. The van der Waals surface area contributed by atoms with Crippen LogP contribution in [0.5, 0.6) is 0 Å². The number of hydrogen-bond acceptors (Lipinski definition) is 4. The van der Waals surface area contributed by atoms with Crippen LogP contribution in [0, 0.1) is 0 Å². The van der Waals surface area contributed by atoms with Gasteiger partial charge in [-0.05, 0) is 39.5 Å². The van der Waals surface area contributed by atoms with Gasteiger partial charge in [0.15, 0.2) is 5.96 Å². The van der Waals surface area contributed by atoms with Crippen LogP contribution in [-0.4, -0.2) is 79.7 Å². The van der Waals surface area contributed by atoms with Crippen molar-refractivity contribution in [2.24, 2.45) is 4.99 Å². The largest absolute Gasteiger partial charge is 0.450 e. The van der Waals surface area contributed by atoms with Gasteiger partial charge >= 0.3 is 6.09 Å². The third-order valence-electron chi connectivity index (χ3n) is 4.54. The lowest BCUT2D eigenvalue weighted by Crippen LogP contribution is -2.50. The summed E-state index contributed by atoms with van der Waals surface area (Å²) in [5.41, 5.74) is 0. The number of halogens is 1. The molecule has 9 heteroatoms. The second-order valence-electron chi connectivity index (χ2n) is 6.39. The number of likely N-dealkylation sites (tertiary alicyclic amines) is 2. The Hall–Kier alpha value is -1.26. The Morgan fingerprint density at radius 2 is 1.73 bits per heavy atom. The van der Waals surface area contributed by atoms with Crippen LogP contribution in [0.4, 0.5) is 4.79 Å². The van der Waals surface area contributed by atoms with Gasteiger partial charge in [-0.25, -0.2) is 9.79 Å². The number of carbonyl (C=O) groups excluding carboxylic acids is 2. The highest BCUT2D eigenvalue weighted by atomic mass is 127. The fraction of sp³-hybridized carbons (Fsp3) is 0.824. The second-order valence-corrected chi connectivity index (χ2v) is 6.39. The average molecular weight is 481 g/mol. The third kappa shape index (κ3) is 7.16. The summed E-state index contributed by atoms with van der Waals surface area (Å²) in [7, 11) is 0. The van der Waals surface area contributed by atoms with Gasteiger partial charge in [0, 0.05) is 38.8 Å². The van der Waals surface area contributed by atoms with Crippen molar-refractivity contribution in [3.05, 3.63) is 0 Å². The van der Waals surface area contributed by atoms with Crippen LogP contribution in [0.1, 0.15) is 39.5 Å². The summed E-state index contributed by atoms with van der Waals surface area (Å²) in [5, 5.41) is 6.58. The number of hydrogen-bond donors (Lipinski definition) is 2. The molecule has 2 rings (SSSR count). The summed E-state index contributed by atoms with van der Waals surface area (Å²) in [6.45, 7) is 8.18. The van der Waals surface area contributed by atoms with Gasteiger partial charge < -0.3 is 25.2 Å². The molecule has 2 saturated heterocycles. The van der Waals surface area contributed by atoms with E-state index in [1.165, 1.54) is 0 Å². The van der Waals surface area contributed by atoms with Gasteiger partial charge in [0.25, 0.3) is 0 Å². The Morgan fingerprint density at radius 3 is 2.31 bits per heavy atom. The van der Waals surface area contributed by atoms with E-state index >= 15 is 0 Å². The molecule has 0 aromatic rings. The van der Waals surface area contributed by atoms with Crippen LogP contribution in [-0.2, 0) is 9.53 Å². The van der Waals surface area contributed by atoms with E-state index in [-0.39, 0.29) is 48.6 Å². The van der Waals surface area contributed by atoms with Crippen molar-refractivity contribution in [1.82, 2.24) is 20.4 Å². The summed E-state index contributed by atoms with van der Waals surface area (Å²) in [6, 6.07) is 0.241. The Morgan fingerprint density at radius 1 is 1.08 bits per heavy atom. The molecule has 0 unspecified atom stereocenters. The molecule has 2 fully saturated rings. The highest BCUT2D eigenvalue weighted by molar-refractivity contribution is 14.0. The Balaban J connectivity index is 0.00000338. The minimum absolute atomic E-state index is 0. The maximum Gasteiger partial charge on any atom is 0.409 e. The molecule has 0 aromatic heterocycles. The fourth-order valence-electron chi connectivity index (χ4n) is 3.15. The minimum atomic E-state index is -0.238. The number of ether oxygens (including phenoxy) is 1. The number of amides is 2. The molecular weight excluding hydrogens is 449 g/mol. The number of rotatable bonds is 5. The highest BCUT2D eigenvalue weighted by Gasteiger charge is 2.24. The van der Waals surface area contributed by atoms with Crippen molar-refractivity contribution in [3.8, 4) is 0 Å². The lowest BCUT2D eigenvalue weighted by atomic mass is 10.1. The Labute approximate surface area is 173 Å². The number of guanidine groups is 1. The molecule has 0 atom stereocenters. The van der Waals surface area contributed by atoms with Gasteiger partial charge in [0.05, 0.1) is 6.61 Å². The Kier molecular flexibility index (Phi) is 10.7. The summed E-state index contributed by atoms with van der Waals surface area (Å²) in [5.74, 6) is 0.761. The third-order valence-corrected chi connectivity index (χ3v) is 4.54. The number of piperidine rings is 1. The van der Waals surface area contributed by atoms with E-state index in [9.17, 15) is 9.59 Å². The van der Waals surface area contributed by atoms with E-state index in [4.69, 9.17) is 4.74 Å². The standard InChI is InChI=1S/C17H31N5O3.HI/c1-3-18-16(19-13-15(23)21-9-5-6-10-21)20-14-7-11-22(12-8-14)17(24)25-4-2;/h14H,3-13H2,1-2H3,(H2,18,19,20);1H. The molecular formula is C17H32IN5O3. The molecule has 0 spiro atoms. The molecule has 2 N–H and O–H groups in total. The molecule has 8 nitrogen and oxygen atoms in total. The molecule has 0 bridgehead atoms. The maximum atomic E-state index is 12.1. The highest BCUT2D eigenvalue weighted by Crippen LogP contribution is 2.11. The normalized spacial score (nSPS) is 18.3. The minimum Gasteiger partial charge on any atom is -0.450 e. The number of nitrogens with one attached hydrogen (secondary N) is 2. The van der Waals surface area contributed by atoms with E-state index in [0.717, 1.165) is 45.3 Å². The predicted molar refractivity (Wildman–Crippen MR) is 112 cm³/mol. The van der Waals surface area contributed by atoms with Crippen LogP contribution in [0.25, 0.3) is 0 Å². The summed E-state index contributed by atoms with van der Waals surface area (Å²) in [4.78, 5) is 31.9. The monoisotopic (exact) mass is 481 g/mol.